The van der Waals surface area contributed by atoms with Crippen molar-refractivity contribution in [1.29, 1.82) is 0 Å². The number of para-hydroxylation sites is 2. The van der Waals surface area contributed by atoms with E-state index in [4.69, 9.17) is 27.8 Å². The summed E-state index contributed by atoms with van der Waals surface area (Å²) in [6.07, 6.45) is 52.2. The monoisotopic (exact) mass is 881 g/mol. The summed E-state index contributed by atoms with van der Waals surface area (Å²) in [4.78, 5) is 0. The van der Waals surface area contributed by atoms with Crippen LogP contribution in [0, 0.1) is 10.2 Å². The zero-order chi connectivity index (χ0) is 44.4. The molecule has 1 aromatic heterocycles. The third-order valence-electron chi connectivity index (χ3n) is 12.2. The van der Waals surface area contributed by atoms with Crippen molar-refractivity contribution in [3.63, 3.8) is 0 Å². The van der Waals surface area contributed by atoms with E-state index in [2.05, 4.69) is 48.0 Å². The number of aromatic nitrogens is 1. The number of anilines is 1. The molecular formula is C53H85ClN2O6. The second kappa shape index (κ2) is 34.5. The first-order valence-electron chi connectivity index (χ1n) is 25.3. The van der Waals surface area contributed by atoms with E-state index in [-0.39, 0.29) is 0 Å². The van der Waals surface area contributed by atoms with Gasteiger partial charge in [-0.25, -0.2) is 18.6 Å². The highest BCUT2D eigenvalue weighted by molar-refractivity contribution is 5.71. The lowest BCUT2D eigenvalue weighted by molar-refractivity contribution is -2.00. The van der Waals surface area contributed by atoms with Crippen molar-refractivity contribution in [1.82, 2.24) is 0 Å². The van der Waals surface area contributed by atoms with Gasteiger partial charge in [0, 0.05) is 12.5 Å². The van der Waals surface area contributed by atoms with Gasteiger partial charge >= 0.3 is 5.89 Å². The van der Waals surface area contributed by atoms with Crippen LogP contribution in [-0.2, 0) is 13.0 Å². The Bertz CT molecular complexity index is 1580. The highest BCUT2D eigenvalue weighted by atomic mass is 35.7. The van der Waals surface area contributed by atoms with Crippen molar-refractivity contribution >= 4 is 22.9 Å². The molecule has 62 heavy (non-hydrogen) atoms. The Morgan fingerprint density at radius 3 is 1.45 bits per heavy atom. The van der Waals surface area contributed by atoms with E-state index in [9.17, 15) is 0 Å². The Kier molecular flexibility index (Phi) is 29.8. The van der Waals surface area contributed by atoms with E-state index < -0.39 is 10.2 Å². The molecule has 0 saturated carbocycles. The number of aryl methyl sites for hydroxylation is 2. The van der Waals surface area contributed by atoms with Crippen molar-refractivity contribution in [3.05, 3.63) is 72.0 Å². The number of rotatable bonds is 36. The molecule has 0 spiro atoms. The fourth-order valence-electron chi connectivity index (χ4n) is 8.58. The molecule has 350 valence electrons. The predicted molar refractivity (Wildman–Crippen MR) is 247 cm³/mol. The quantitative estimate of drug-likeness (QED) is 0.0454. The van der Waals surface area contributed by atoms with E-state index in [1.54, 1.807) is 0 Å². The molecule has 1 aliphatic rings. The molecule has 2 heterocycles. The molecule has 0 bridgehead atoms. The van der Waals surface area contributed by atoms with Gasteiger partial charge in [-0.15, -0.1) is 10.2 Å². The van der Waals surface area contributed by atoms with Crippen molar-refractivity contribution in [2.24, 2.45) is 0 Å². The Balaban J connectivity index is 0.00000193. The maximum Gasteiger partial charge on any atom is 0.374 e. The number of oxazole rings is 1. The molecular weight excluding hydrogens is 796 g/mol. The molecule has 0 unspecified atom stereocenters. The summed E-state index contributed by atoms with van der Waals surface area (Å²) in [6, 6.07) is 15.0. The summed E-state index contributed by atoms with van der Waals surface area (Å²) >= 11 is 0. The molecule has 0 amide bonds. The molecule has 9 heteroatoms. The van der Waals surface area contributed by atoms with Gasteiger partial charge in [-0.3, -0.25) is 0 Å². The number of halogens is 1. The molecule has 0 aliphatic carbocycles. The fraction of sp³-hybridized carbons (Fsp3) is 0.679. The first-order chi connectivity index (χ1) is 30.3. The zero-order valence-electron chi connectivity index (χ0n) is 39.1. The van der Waals surface area contributed by atoms with Crippen LogP contribution in [0.5, 0.6) is 5.75 Å². The van der Waals surface area contributed by atoms with E-state index in [0.29, 0.717) is 0 Å². The van der Waals surface area contributed by atoms with Crippen LogP contribution in [0.1, 0.15) is 231 Å². The van der Waals surface area contributed by atoms with Crippen molar-refractivity contribution < 1.29 is 42.6 Å². The number of unbranched alkanes of at least 4 members (excludes halogenated alkanes) is 30. The molecule has 1 N–H and O–H groups in total. The van der Waals surface area contributed by atoms with E-state index in [1.165, 1.54) is 217 Å². The number of allylic oxidation sites excluding steroid dienone is 2. The Labute approximate surface area is 379 Å². The first kappa shape index (κ1) is 53.5. The van der Waals surface area contributed by atoms with Gasteiger partial charge in [0.1, 0.15) is 0 Å². The number of benzene rings is 2. The molecule has 8 nitrogen and oxygen atoms in total. The number of nitrogens with one attached hydrogen (secondary N) is 1. The minimum atomic E-state index is -4.94. The van der Waals surface area contributed by atoms with Crippen LogP contribution in [-0.4, -0.2) is 0 Å². The van der Waals surface area contributed by atoms with Crippen molar-refractivity contribution in [2.45, 2.75) is 232 Å². The number of ether oxygens (including phenoxy) is 1. The molecule has 1 aliphatic heterocycles. The van der Waals surface area contributed by atoms with Gasteiger partial charge < -0.3 is 14.5 Å². The maximum atomic E-state index is 8.49. The average Bonchev–Trinajstić information content (AvgIpc) is 3.83. The summed E-state index contributed by atoms with van der Waals surface area (Å²) in [5.41, 5.74) is 4.67. The Morgan fingerprint density at radius 2 is 0.984 bits per heavy atom. The van der Waals surface area contributed by atoms with Crippen LogP contribution in [0.4, 0.5) is 5.69 Å². The lowest BCUT2D eigenvalue weighted by Gasteiger charge is -2.17. The molecule has 4 rings (SSSR count). The van der Waals surface area contributed by atoms with E-state index in [0.717, 1.165) is 41.8 Å². The van der Waals surface area contributed by atoms with Crippen LogP contribution in [0.3, 0.4) is 0 Å². The maximum absolute atomic E-state index is 8.49. The summed E-state index contributed by atoms with van der Waals surface area (Å²) in [6.45, 7) is 5.60. The van der Waals surface area contributed by atoms with Crippen LogP contribution in [0.15, 0.2) is 64.9 Å². The highest BCUT2D eigenvalue weighted by Gasteiger charge is 2.21. The fourth-order valence-corrected chi connectivity index (χ4v) is 8.58. The Morgan fingerprint density at radius 1 is 0.548 bits per heavy atom. The summed E-state index contributed by atoms with van der Waals surface area (Å²) < 4.78 is 48.9. The molecule has 3 aromatic rings. The van der Waals surface area contributed by atoms with Crippen LogP contribution in [0.25, 0.3) is 17.2 Å². The SMILES string of the molecule is CCCCCCCCCCCCCCCCCCc1ccc2oc(C=CC=C3Nc4ccccc4O3)[n+](CCCCCCCCCCCCCCCCCC)c2c1.[O-][Cl+3]([O-])([O-])[O-]. The van der Waals surface area contributed by atoms with Crippen LogP contribution >= 0.6 is 0 Å². The molecule has 0 atom stereocenters. The first-order valence-corrected chi connectivity index (χ1v) is 26.5. The van der Waals surface area contributed by atoms with Gasteiger partial charge in [0.2, 0.25) is 5.58 Å². The Hall–Kier alpha value is -2.88. The normalized spacial score (nSPS) is 13.2. The van der Waals surface area contributed by atoms with Crippen LogP contribution < -0.4 is 33.3 Å². The van der Waals surface area contributed by atoms with E-state index >= 15 is 0 Å². The second-order valence-electron chi connectivity index (χ2n) is 17.7. The largest absolute Gasteiger partial charge is 0.439 e. The van der Waals surface area contributed by atoms with E-state index in [1.807, 2.05) is 36.4 Å². The number of hydrogen-bond donors (Lipinski definition) is 1. The van der Waals surface area contributed by atoms with Gasteiger partial charge in [0.15, 0.2) is 18.2 Å². The molecule has 0 fully saturated rings. The number of fused-ring (bicyclic) bond motifs is 2. The third kappa shape index (κ3) is 26.0. The van der Waals surface area contributed by atoms with Gasteiger partial charge in [-0.05, 0) is 55.2 Å². The summed E-state index contributed by atoms with van der Waals surface area (Å²) in [7, 11) is -4.94. The molecule has 0 saturated heterocycles. The standard InChI is InChI=1S/C53H84N2O2.ClHO4/c1-3-5-7-9-11-13-15-17-19-21-23-25-27-29-31-33-38-47-43-44-51-49(46-47)55(53(57-51)42-37-41-52-54-48-39-34-35-40-50(48)56-52)45-36-32-30-28-26-24-22-20-18-16-14-12-10-8-6-4-2;2-1(3,4)5/h34-35,37,39-44,46H,3-33,36,38,45H2,1-2H3;(H,2,3,4,5). The van der Waals surface area contributed by atoms with Crippen LogP contribution in [0.2, 0.25) is 0 Å². The number of hydrogen-bond acceptors (Lipinski definition) is 7. The number of nitrogens with zero attached hydrogens (tertiary/aromatic N) is 1. The topological polar surface area (TPSA) is 131 Å². The van der Waals surface area contributed by atoms with Gasteiger partial charge in [0.05, 0.1) is 11.8 Å². The lowest BCUT2D eigenvalue weighted by atomic mass is 10.0. The van der Waals surface area contributed by atoms with Gasteiger partial charge in [0.25, 0.3) is 5.52 Å². The third-order valence-corrected chi connectivity index (χ3v) is 12.2. The minimum absolute atomic E-state index is 0.744. The highest BCUT2D eigenvalue weighted by Crippen LogP contribution is 2.32. The molecule has 0 radical (unpaired) electrons. The summed E-state index contributed by atoms with van der Waals surface area (Å²) in [5, 5.41) is 3.36. The summed E-state index contributed by atoms with van der Waals surface area (Å²) in [5.74, 6) is 2.53. The van der Waals surface area contributed by atoms with Crippen molar-refractivity contribution in [2.75, 3.05) is 5.32 Å². The smallest absolute Gasteiger partial charge is 0.374 e. The zero-order valence-corrected chi connectivity index (χ0v) is 39.8. The van der Waals surface area contributed by atoms with Gasteiger partial charge in [-0.2, -0.15) is 4.57 Å². The minimum Gasteiger partial charge on any atom is -0.439 e. The lowest BCUT2D eigenvalue weighted by Crippen LogP contribution is -2.68. The molecule has 2 aromatic carbocycles. The predicted octanol–water partition coefficient (Wildman–Crippen LogP) is 12.4. The van der Waals surface area contributed by atoms with Gasteiger partial charge in [-0.1, -0.05) is 218 Å². The van der Waals surface area contributed by atoms with Crippen molar-refractivity contribution in [3.8, 4) is 5.75 Å². The second-order valence-corrected chi connectivity index (χ2v) is 18.5. The average molecular weight is 882 g/mol.